The second-order valence-corrected chi connectivity index (χ2v) is 3.05. The van der Waals surface area contributed by atoms with Gasteiger partial charge in [0.1, 0.15) is 5.38 Å². The Morgan fingerprint density at radius 1 is 1.78 bits per heavy atom. The third kappa shape index (κ3) is 2.22. The normalized spacial score (nSPS) is 21.1. The highest BCUT2D eigenvalue weighted by atomic mass is 35.5. The van der Waals surface area contributed by atoms with Gasteiger partial charge in [-0.25, -0.2) is 0 Å². The molecule has 0 aromatic rings. The number of alkyl halides is 1. The zero-order valence-electron chi connectivity index (χ0n) is 5.36. The van der Waals surface area contributed by atoms with Gasteiger partial charge in [0, 0.05) is 6.04 Å². The van der Waals surface area contributed by atoms with Crippen molar-refractivity contribution in [3.05, 3.63) is 0 Å². The van der Waals surface area contributed by atoms with E-state index in [0.29, 0.717) is 6.04 Å². The fraction of sp³-hybridized carbons (Fsp3) is 0.833. The van der Waals surface area contributed by atoms with Crippen molar-refractivity contribution >= 4 is 17.5 Å². The lowest BCUT2D eigenvalue weighted by molar-refractivity contribution is -0.120. The molecule has 1 aliphatic carbocycles. The van der Waals surface area contributed by atoms with E-state index < -0.39 is 0 Å². The minimum atomic E-state index is -0.384. The van der Waals surface area contributed by atoms with Crippen molar-refractivity contribution in [3.63, 3.8) is 0 Å². The van der Waals surface area contributed by atoms with E-state index in [-0.39, 0.29) is 11.3 Å². The molecule has 0 heterocycles. The first-order valence-electron chi connectivity index (χ1n) is 3.14. The average molecular weight is 148 g/mol. The molecule has 1 rings (SSSR count). The summed E-state index contributed by atoms with van der Waals surface area (Å²) in [7, 11) is 0. The maximum atomic E-state index is 10.8. The minimum absolute atomic E-state index is 0.0424. The Hall–Kier alpha value is -0.240. The van der Waals surface area contributed by atoms with Crippen LogP contribution in [-0.4, -0.2) is 17.3 Å². The third-order valence-electron chi connectivity index (χ3n) is 1.29. The Labute approximate surface area is 59.6 Å². The van der Waals surface area contributed by atoms with Crippen molar-refractivity contribution < 1.29 is 4.79 Å². The first-order chi connectivity index (χ1) is 4.20. The van der Waals surface area contributed by atoms with Crippen LogP contribution < -0.4 is 5.32 Å². The number of halogens is 1. The van der Waals surface area contributed by atoms with Gasteiger partial charge in [0.05, 0.1) is 0 Å². The van der Waals surface area contributed by atoms with Gasteiger partial charge < -0.3 is 5.32 Å². The lowest BCUT2D eigenvalue weighted by atomic mass is 10.4. The molecule has 1 amide bonds. The fourth-order valence-electron chi connectivity index (χ4n) is 0.544. The van der Waals surface area contributed by atoms with Crippen LogP contribution >= 0.6 is 11.6 Å². The second kappa shape index (κ2) is 2.56. The molecule has 3 heteroatoms. The van der Waals surface area contributed by atoms with Crippen molar-refractivity contribution in [1.82, 2.24) is 5.32 Å². The highest BCUT2D eigenvalue weighted by Crippen LogP contribution is 2.18. The lowest BCUT2D eigenvalue weighted by Crippen LogP contribution is -2.31. The highest BCUT2D eigenvalue weighted by molar-refractivity contribution is 6.30. The summed E-state index contributed by atoms with van der Waals surface area (Å²) in [5, 5.41) is 2.40. The van der Waals surface area contributed by atoms with E-state index >= 15 is 0 Å². The molecule has 1 saturated carbocycles. The summed E-state index contributed by atoms with van der Waals surface area (Å²) < 4.78 is 0. The molecule has 0 bridgehead atoms. The van der Waals surface area contributed by atoms with Crippen molar-refractivity contribution in [2.24, 2.45) is 0 Å². The van der Waals surface area contributed by atoms with Crippen molar-refractivity contribution in [3.8, 4) is 0 Å². The van der Waals surface area contributed by atoms with Crippen molar-refractivity contribution in [2.75, 3.05) is 0 Å². The molecule has 9 heavy (non-hydrogen) atoms. The first-order valence-corrected chi connectivity index (χ1v) is 3.58. The average Bonchev–Trinajstić information content (AvgIpc) is 2.50. The van der Waals surface area contributed by atoms with E-state index in [9.17, 15) is 4.79 Å². The monoisotopic (exact) mass is 147 g/mol. The van der Waals surface area contributed by atoms with Crippen LogP contribution in [-0.2, 0) is 4.79 Å². The molecule has 2 nitrogen and oxygen atoms in total. The van der Waals surface area contributed by atoms with Crippen LogP contribution in [0.2, 0.25) is 0 Å². The molecular formula is C6H10ClNO. The molecule has 1 N–H and O–H groups in total. The molecule has 1 fully saturated rings. The highest BCUT2D eigenvalue weighted by Gasteiger charge is 2.24. The van der Waals surface area contributed by atoms with E-state index in [2.05, 4.69) is 5.32 Å². The van der Waals surface area contributed by atoms with Gasteiger partial charge in [-0.2, -0.15) is 0 Å². The number of nitrogens with one attached hydrogen (secondary N) is 1. The van der Waals surface area contributed by atoms with Crippen LogP contribution in [0.25, 0.3) is 0 Å². The predicted octanol–water partition coefficient (Wildman–Crippen LogP) is 0.892. The molecule has 0 aromatic carbocycles. The third-order valence-corrected chi connectivity index (χ3v) is 1.48. The first kappa shape index (κ1) is 6.87. The topological polar surface area (TPSA) is 29.1 Å². The van der Waals surface area contributed by atoms with Gasteiger partial charge in [-0.05, 0) is 19.8 Å². The van der Waals surface area contributed by atoms with Crippen LogP contribution in [0.4, 0.5) is 0 Å². The van der Waals surface area contributed by atoms with E-state index in [0.717, 1.165) is 12.8 Å². The molecule has 52 valence electrons. The SMILES string of the molecule is CC(Cl)C(=O)NC1CC1. The van der Waals surface area contributed by atoms with Gasteiger partial charge in [-0.3, -0.25) is 4.79 Å². The smallest absolute Gasteiger partial charge is 0.237 e. The molecule has 1 atom stereocenters. The quantitative estimate of drug-likeness (QED) is 0.578. The lowest BCUT2D eigenvalue weighted by Gasteiger charge is -2.02. The number of carbonyl (C=O) groups excluding carboxylic acids is 1. The van der Waals surface area contributed by atoms with Crippen LogP contribution in [0.1, 0.15) is 19.8 Å². The zero-order valence-corrected chi connectivity index (χ0v) is 6.11. The zero-order chi connectivity index (χ0) is 6.85. The summed E-state index contributed by atoms with van der Waals surface area (Å²) in [6, 6.07) is 0.429. The van der Waals surface area contributed by atoms with Crippen LogP contribution in [0, 0.1) is 0 Å². The van der Waals surface area contributed by atoms with Gasteiger partial charge in [-0.1, -0.05) is 0 Å². The summed E-state index contributed by atoms with van der Waals surface area (Å²) >= 11 is 5.49. The number of carbonyl (C=O) groups is 1. The summed E-state index contributed by atoms with van der Waals surface area (Å²) in [5.74, 6) is -0.0424. The predicted molar refractivity (Wildman–Crippen MR) is 36.5 cm³/mol. The minimum Gasteiger partial charge on any atom is -0.352 e. The molecular weight excluding hydrogens is 138 g/mol. The largest absolute Gasteiger partial charge is 0.352 e. The van der Waals surface area contributed by atoms with E-state index in [1.165, 1.54) is 0 Å². The van der Waals surface area contributed by atoms with Gasteiger partial charge >= 0.3 is 0 Å². The van der Waals surface area contributed by atoms with E-state index in [1.54, 1.807) is 6.92 Å². The summed E-state index contributed by atoms with van der Waals surface area (Å²) in [5.41, 5.74) is 0. The van der Waals surface area contributed by atoms with Crippen molar-refractivity contribution in [2.45, 2.75) is 31.2 Å². The summed E-state index contributed by atoms with van der Waals surface area (Å²) in [6.07, 6.45) is 2.24. The molecule has 0 saturated heterocycles. The van der Waals surface area contributed by atoms with Gasteiger partial charge in [0.15, 0.2) is 0 Å². The van der Waals surface area contributed by atoms with E-state index in [1.807, 2.05) is 0 Å². The van der Waals surface area contributed by atoms with Crippen LogP contribution in [0.15, 0.2) is 0 Å². The Morgan fingerprint density at radius 3 is 2.67 bits per heavy atom. The molecule has 0 radical (unpaired) electrons. The maximum absolute atomic E-state index is 10.8. The maximum Gasteiger partial charge on any atom is 0.237 e. The van der Waals surface area contributed by atoms with Crippen LogP contribution in [0.3, 0.4) is 0 Å². The summed E-state index contributed by atoms with van der Waals surface area (Å²) in [6.45, 7) is 1.68. The second-order valence-electron chi connectivity index (χ2n) is 2.40. The van der Waals surface area contributed by atoms with Crippen LogP contribution in [0.5, 0.6) is 0 Å². The molecule has 0 aliphatic heterocycles. The Bertz CT molecular complexity index is 120. The number of hydrogen-bond acceptors (Lipinski definition) is 1. The molecule has 0 spiro atoms. The Balaban J connectivity index is 2.17. The van der Waals surface area contributed by atoms with Gasteiger partial charge in [0.2, 0.25) is 5.91 Å². The number of amides is 1. The van der Waals surface area contributed by atoms with Crippen molar-refractivity contribution in [1.29, 1.82) is 0 Å². The molecule has 0 aromatic heterocycles. The Kier molecular flexibility index (Phi) is 1.96. The number of hydrogen-bond donors (Lipinski definition) is 1. The molecule has 1 aliphatic rings. The Morgan fingerprint density at radius 2 is 2.33 bits per heavy atom. The summed E-state index contributed by atoms with van der Waals surface area (Å²) in [4.78, 5) is 10.8. The fourth-order valence-corrected chi connectivity index (χ4v) is 0.607. The standard InChI is InChI=1S/C6H10ClNO/c1-4(7)6(9)8-5-2-3-5/h4-5H,2-3H2,1H3,(H,8,9). The number of rotatable bonds is 2. The molecule has 1 unspecified atom stereocenters. The van der Waals surface area contributed by atoms with E-state index in [4.69, 9.17) is 11.6 Å². The van der Waals surface area contributed by atoms with Gasteiger partial charge in [-0.15, -0.1) is 11.6 Å². The van der Waals surface area contributed by atoms with Gasteiger partial charge in [0.25, 0.3) is 0 Å².